The lowest BCUT2D eigenvalue weighted by Crippen LogP contribution is -2.03. The van der Waals surface area contributed by atoms with Crippen LogP contribution in [0.4, 0.5) is 0 Å². The third-order valence-electron chi connectivity index (χ3n) is 4.32. The molecule has 1 atom stereocenters. The summed E-state index contributed by atoms with van der Waals surface area (Å²) in [6, 6.07) is 16.6. The third kappa shape index (κ3) is 7.75. The number of aliphatic hydroxyl groups excluding tert-OH is 1. The van der Waals surface area contributed by atoms with E-state index in [1.54, 1.807) is 67.0 Å². The molecule has 2 heterocycles. The van der Waals surface area contributed by atoms with E-state index < -0.39 is 6.10 Å². The highest BCUT2D eigenvalue weighted by Gasteiger charge is 2.13. The van der Waals surface area contributed by atoms with Crippen molar-refractivity contribution in [2.75, 3.05) is 0 Å². The molecule has 2 aromatic carbocycles. The molecule has 0 saturated heterocycles. The standard InChI is InChI=1S/C12H8BrCl2NO.C12H6BrCl2NO/c2*13-8-1-2-11(16-6-8)12(17)7-3-9(14)5-10(15)4-7/h1-6,12,17H;1-6H. The average molecular weight is 664 g/mol. The van der Waals surface area contributed by atoms with Crippen molar-refractivity contribution >= 4 is 84.0 Å². The molecule has 0 bridgehead atoms. The van der Waals surface area contributed by atoms with Crippen LogP contribution < -0.4 is 0 Å². The molecule has 0 radical (unpaired) electrons. The average Bonchev–Trinajstić information content (AvgIpc) is 2.78. The molecule has 34 heavy (non-hydrogen) atoms. The number of hydrogen-bond donors (Lipinski definition) is 1. The molecule has 0 saturated carbocycles. The second-order valence-corrected chi connectivity index (χ2v) is 10.4. The van der Waals surface area contributed by atoms with Gasteiger partial charge in [0.05, 0.1) is 5.69 Å². The van der Waals surface area contributed by atoms with Gasteiger partial charge in [0.1, 0.15) is 11.8 Å². The Labute approximate surface area is 233 Å². The molecule has 4 rings (SSSR count). The monoisotopic (exact) mass is 660 g/mol. The lowest BCUT2D eigenvalue weighted by molar-refractivity contribution is 0.103. The smallest absolute Gasteiger partial charge is 0.211 e. The number of ketones is 1. The molecule has 4 nitrogen and oxygen atoms in total. The van der Waals surface area contributed by atoms with Crippen molar-refractivity contribution in [2.45, 2.75) is 6.10 Å². The lowest BCUT2D eigenvalue weighted by Gasteiger charge is -2.11. The lowest BCUT2D eigenvalue weighted by atomic mass is 10.1. The molecule has 2 aromatic heterocycles. The van der Waals surface area contributed by atoms with Gasteiger partial charge in [-0.15, -0.1) is 0 Å². The van der Waals surface area contributed by atoms with Crippen LogP contribution in [0.25, 0.3) is 0 Å². The van der Waals surface area contributed by atoms with E-state index in [2.05, 4.69) is 41.8 Å². The number of aromatic nitrogens is 2. The van der Waals surface area contributed by atoms with E-state index in [1.807, 2.05) is 6.07 Å². The first-order chi connectivity index (χ1) is 16.1. The highest BCUT2D eigenvalue weighted by atomic mass is 79.9. The number of halogens is 6. The first-order valence-corrected chi connectivity index (χ1v) is 12.6. The third-order valence-corrected chi connectivity index (χ3v) is 6.13. The van der Waals surface area contributed by atoms with Gasteiger partial charge in [0.2, 0.25) is 5.78 Å². The predicted octanol–water partition coefficient (Wildman–Crippen LogP) is 8.61. The molecule has 10 heteroatoms. The molecular weight excluding hydrogens is 650 g/mol. The number of carbonyl (C=O) groups excluding carboxylic acids is 1. The number of hydrogen-bond acceptors (Lipinski definition) is 4. The summed E-state index contributed by atoms with van der Waals surface area (Å²) >= 11 is 30.0. The van der Waals surface area contributed by atoms with E-state index in [0.717, 1.165) is 8.95 Å². The Morgan fingerprint density at radius 2 is 1.24 bits per heavy atom. The van der Waals surface area contributed by atoms with Gasteiger partial charge in [-0.25, -0.2) is 0 Å². The van der Waals surface area contributed by atoms with Gasteiger partial charge in [-0.2, -0.15) is 0 Å². The van der Waals surface area contributed by atoms with Crippen molar-refractivity contribution in [3.63, 3.8) is 0 Å². The molecule has 0 aliphatic rings. The van der Waals surface area contributed by atoms with Gasteiger partial charge in [0.15, 0.2) is 0 Å². The molecule has 0 aliphatic heterocycles. The van der Waals surface area contributed by atoms with Gasteiger partial charge in [0.25, 0.3) is 0 Å². The Balaban J connectivity index is 0.000000191. The van der Waals surface area contributed by atoms with Gasteiger partial charge in [-0.1, -0.05) is 46.4 Å². The van der Waals surface area contributed by atoms with Gasteiger partial charge in [-0.3, -0.25) is 14.8 Å². The highest BCUT2D eigenvalue weighted by Crippen LogP contribution is 2.27. The fourth-order valence-corrected chi connectivity index (χ4v) is 4.33. The summed E-state index contributed by atoms with van der Waals surface area (Å²) < 4.78 is 1.68. The Hall–Kier alpha value is -1.51. The number of nitrogens with zero attached hydrogens (tertiary/aromatic N) is 2. The quantitative estimate of drug-likeness (QED) is 0.222. The van der Waals surface area contributed by atoms with Gasteiger partial charge >= 0.3 is 0 Å². The van der Waals surface area contributed by atoms with Crippen molar-refractivity contribution < 1.29 is 9.90 Å². The minimum absolute atomic E-state index is 0.207. The number of benzene rings is 2. The highest BCUT2D eigenvalue weighted by molar-refractivity contribution is 9.10. The van der Waals surface area contributed by atoms with E-state index in [1.165, 1.54) is 0 Å². The summed E-state index contributed by atoms with van der Waals surface area (Å²) in [5.41, 5.74) is 1.95. The van der Waals surface area contributed by atoms with Crippen molar-refractivity contribution in [1.82, 2.24) is 9.97 Å². The van der Waals surface area contributed by atoms with Crippen LogP contribution in [0, 0.1) is 0 Å². The second kappa shape index (κ2) is 12.5. The van der Waals surface area contributed by atoms with E-state index in [4.69, 9.17) is 46.4 Å². The van der Waals surface area contributed by atoms with Crippen LogP contribution in [0.2, 0.25) is 20.1 Å². The fraction of sp³-hybridized carbons (Fsp3) is 0.0417. The molecule has 174 valence electrons. The summed E-state index contributed by atoms with van der Waals surface area (Å²) in [6.45, 7) is 0. The summed E-state index contributed by atoms with van der Waals surface area (Å²) in [5.74, 6) is -0.207. The van der Waals surface area contributed by atoms with Crippen LogP contribution in [0.1, 0.15) is 33.4 Å². The normalized spacial score (nSPS) is 11.4. The fourth-order valence-electron chi connectivity index (χ4n) is 2.80. The van der Waals surface area contributed by atoms with Crippen molar-refractivity contribution in [2.24, 2.45) is 0 Å². The number of aliphatic hydroxyl groups is 1. The maximum Gasteiger partial charge on any atom is 0.211 e. The summed E-state index contributed by atoms with van der Waals surface area (Å²) in [6.07, 6.45) is 2.36. The zero-order valence-corrected chi connectivity index (χ0v) is 23.2. The van der Waals surface area contributed by atoms with Crippen LogP contribution in [-0.2, 0) is 0 Å². The minimum Gasteiger partial charge on any atom is -0.382 e. The molecule has 0 spiro atoms. The summed E-state index contributed by atoms with van der Waals surface area (Å²) in [4.78, 5) is 20.2. The number of rotatable bonds is 4. The largest absolute Gasteiger partial charge is 0.382 e. The first-order valence-electron chi connectivity index (χ1n) is 9.50. The minimum atomic E-state index is -0.834. The van der Waals surface area contributed by atoms with Crippen LogP contribution in [0.15, 0.2) is 82.0 Å². The van der Waals surface area contributed by atoms with Crippen LogP contribution >= 0.6 is 78.3 Å². The maximum atomic E-state index is 12.1. The Bertz CT molecular complexity index is 1260. The number of carbonyl (C=O) groups is 1. The van der Waals surface area contributed by atoms with Gasteiger partial charge in [0, 0.05) is 47.0 Å². The zero-order valence-electron chi connectivity index (χ0n) is 17.0. The molecule has 0 fully saturated rings. The molecule has 0 aliphatic carbocycles. The molecular formula is C24H14Br2Cl4N2O2. The first kappa shape index (κ1) is 27.1. The van der Waals surface area contributed by atoms with Gasteiger partial charge in [-0.05, 0) is 98.1 Å². The Kier molecular flexibility index (Phi) is 9.92. The van der Waals surface area contributed by atoms with Crippen molar-refractivity contribution in [3.8, 4) is 0 Å². The SMILES string of the molecule is O=C(c1cc(Cl)cc(Cl)c1)c1ccc(Br)cn1.OC(c1cc(Cl)cc(Cl)c1)c1ccc(Br)cn1. The number of pyridine rings is 2. The van der Waals surface area contributed by atoms with Crippen LogP contribution in [0.5, 0.6) is 0 Å². The van der Waals surface area contributed by atoms with E-state index in [9.17, 15) is 9.90 Å². The molecule has 4 aromatic rings. The maximum absolute atomic E-state index is 12.1. The van der Waals surface area contributed by atoms with E-state index >= 15 is 0 Å². The summed E-state index contributed by atoms with van der Waals surface area (Å²) in [7, 11) is 0. The van der Waals surface area contributed by atoms with Crippen molar-refractivity contribution in [3.05, 3.63) is 125 Å². The van der Waals surface area contributed by atoms with E-state index in [0.29, 0.717) is 42.6 Å². The topological polar surface area (TPSA) is 63.1 Å². The Morgan fingerprint density at radius 1 is 0.735 bits per heavy atom. The predicted molar refractivity (Wildman–Crippen MR) is 144 cm³/mol. The van der Waals surface area contributed by atoms with E-state index in [-0.39, 0.29) is 5.78 Å². The van der Waals surface area contributed by atoms with Crippen molar-refractivity contribution in [1.29, 1.82) is 0 Å². The Morgan fingerprint density at radius 3 is 1.71 bits per heavy atom. The summed E-state index contributed by atoms with van der Waals surface area (Å²) in [5, 5.41) is 12.0. The van der Waals surface area contributed by atoms with Gasteiger partial charge < -0.3 is 5.11 Å². The zero-order chi connectivity index (χ0) is 24.8. The van der Waals surface area contributed by atoms with Crippen LogP contribution in [0.3, 0.4) is 0 Å². The second-order valence-electron chi connectivity index (χ2n) is 6.86. The molecule has 1 N–H and O–H groups in total. The van der Waals surface area contributed by atoms with Crippen LogP contribution in [-0.4, -0.2) is 20.9 Å². The molecule has 1 unspecified atom stereocenters. The molecule has 0 amide bonds.